The Hall–Kier alpha value is -2.17. The molecule has 0 aliphatic carbocycles. The molecule has 2 rings (SSSR count). The van der Waals surface area contributed by atoms with Crippen molar-refractivity contribution in [1.29, 1.82) is 0 Å². The van der Waals surface area contributed by atoms with Crippen LogP contribution in [0.5, 0.6) is 0 Å². The number of halogens is 1. The number of hydrogen-bond acceptors (Lipinski definition) is 3. The van der Waals surface area contributed by atoms with E-state index in [-0.39, 0.29) is 17.6 Å². The van der Waals surface area contributed by atoms with Crippen LogP contribution in [-0.4, -0.2) is 11.1 Å². The first-order valence-electron chi connectivity index (χ1n) is 6.93. The van der Waals surface area contributed by atoms with E-state index >= 15 is 0 Å². The van der Waals surface area contributed by atoms with Crippen LogP contribution < -0.4 is 5.32 Å². The fourth-order valence-corrected chi connectivity index (χ4v) is 2.23. The largest absolute Gasteiger partial charge is 0.360 e. The molecule has 1 heterocycles. The van der Waals surface area contributed by atoms with Crippen molar-refractivity contribution in [3.05, 3.63) is 52.7 Å². The van der Waals surface area contributed by atoms with Gasteiger partial charge in [0.25, 0.3) is 5.91 Å². The summed E-state index contributed by atoms with van der Waals surface area (Å²) in [5.74, 6) is -0.0360. The number of nitrogens with one attached hydrogen (secondary N) is 1. The third-order valence-electron chi connectivity index (χ3n) is 3.36. The Morgan fingerprint density at radius 1 is 1.29 bits per heavy atom. The molecule has 112 valence electrons. The monoisotopic (exact) mass is 290 g/mol. The summed E-state index contributed by atoms with van der Waals surface area (Å²) in [5, 5.41) is 6.64. The number of carbonyl (C=O) groups excluding carboxylic acids is 1. The van der Waals surface area contributed by atoms with Gasteiger partial charge in [0.1, 0.15) is 11.4 Å². The molecule has 0 aliphatic heterocycles. The summed E-state index contributed by atoms with van der Waals surface area (Å²) < 4.78 is 18.9. The van der Waals surface area contributed by atoms with Crippen molar-refractivity contribution in [3.63, 3.8) is 0 Å². The van der Waals surface area contributed by atoms with Crippen molar-refractivity contribution in [2.24, 2.45) is 0 Å². The average Bonchev–Trinajstić information content (AvgIpc) is 2.81. The molecular formula is C16H19FN2O2. The SMILES string of the molecule is Cc1noc(C(C)C)c1C(=O)NC(C)c1ccccc1F. The Bertz CT molecular complexity index is 649. The van der Waals surface area contributed by atoms with Gasteiger partial charge in [-0.05, 0) is 19.9 Å². The van der Waals surface area contributed by atoms with E-state index < -0.39 is 6.04 Å². The summed E-state index contributed by atoms with van der Waals surface area (Å²) in [6.07, 6.45) is 0. The van der Waals surface area contributed by atoms with Gasteiger partial charge in [-0.1, -0.05) is 37.2 Å². The maximum absolute atomic E-state index is 13.7. The number of rotatable bonds is 4. The van der Waals surface area contributed by atoms with E-state index in [2.05, 4.69) is 10.5 Å². The molecule has 0 saturated carbocycles. The standard InChI is InChI=1S/C16H19FN2O2/c1-9(2)15-14(11(4)19-21-15)16(20)18-10(3)12-7-5-6-8-13(12)17/h5-10H,1-4H3,(H,18,20). The van der Waals surface area contributed by atoms with Crippen molar-refractivity contribution < 1.29 is 13.7 Å². The summed E-state index contributed by atoms with van der Waals surface area (Å²) in [6.45, 7) is 7.32. The summed E-state index contributed by atoms with van der Waals surface area (Å²) in [4.78, 5) is 12.4. The number of hydrogen-bond donors (Lipinski definition) is 1. The van der Waals surface area contributed by atoms with Gasteiger partial charge in [-0.15, -0.1) is 0 Å². The van der Waals surface area contributed by atoms with Crippen molar-refractivity contribution in [2.75, 3.05) is 0 Å². The van der Waals surface area contributed by atoms with Crippen LogP contribution in [0, 0.1) is 12.7 Å². The zero-order valence-corrected chi connectivity index (χ0v) is 12.6. The molecule has 0 aliphatic rings. The van der Waals surface area contributed by atoms with Crippen molar-refractivity contribution in [3.8, 4) is 0 Å². The van der Waals surface area contributed by atoms with Gasteiger partial charge in [0, 0.05) is 11.5 Å². The van der Waals surface area contributed by atoms with Crippen LogP contribution in [0.25, 0.3) is 0 Å². The number of aromatic nitrogens is 1. The number of benzene rings is 1. The van der Waals surface area contributed by atoms with Crippen molar-refractivity contribution in [2.45, 2.75) is 39.7 Å². The lowest BCUT2D eigenvalue weighted by atomic mass is 10.0. The highest BCUT2D eigenvalue weighted by atomic mass is 19.1. The summed E-state index contributed by atoms with van der Waals surface area (Å²) >= 11 is 0. The number of aryl methyl sites for hydroxylation is 1. The van der Waals surface area contributed by atoms with E-state index in [0.717, 1.165) is 0 Å². The van der Waals surface area contributed by atoms with E-state index in [0.29, 0.717) is 22.6 Å². The summed E-state index contributed by atoms with van der Waals surface area (Å²) in [5.41, 5.74) is 1.43. The zero-order chi connectivity index (χ0) is 15.6. The second-order valence-electron chi connectivity index (χ2n) is 5.38. The molecule has 0 radical (unpaired) electrons. The van der Waals surface area contributed by atoms with Gasteiger partial charge in [-0.25, -0.2) is 4.39 Å². The maximum atomic E-state index is 13.7. The maximum Gasteiger partial charge on any atom is 0.257 e. The van der Waals surface area contributed by atoms with Gasteiger partial charge in [-0.2, -0.15) is 0 Å². The lowest BCUT2D eigenvalue weighted by Gasteiger charge is -2.15. The minimum absolute atomic E-state index is 0.0516. The number of carbonyl (C=O) groups is 1. The molecule has 0 bridgehead atoms. The molecule has 1 unspecified atom stereocenters. The zero-order valence-electron chi connectivity index (χ0n) is 12.6. The Balaban J connectivity index is 2.23. The van der Waals surface area contributed by atoms with E-state index in [4.69, 9.17) is 4.52 Å². The first-order chi connectivity index (χ1) is 9.91. The highest BCUT2D eigenvalue weighted by Gasteiger charge is 2.24. The van der Waals surface area contributed by atoms with E-state index in [1.807, 2.05) is 13.8 Å². The molecule has 4 nitrogen and oxygen atoms in total. The van der Waals surface area contributed by atoms with Gasteiger partial charge < -0.3 is 9.84 Å². The van der Waals surface area contributed by atoms with Crippen LogP contribution >= 0.6 is 0 Å². The highest BCUT2D eigenvalue weighted by molar-refractivity contribution is 5.96. The molecule has 1 amide bonds. The molecule has 0 spiro atoms. The quantitative estimate of drug-likeness (QED) is 0.933. The fraction of sp³-hybridized carbons (Fsp3) is 0.375. The summed E-state index contributed by atoms with van der Waals surface area (Å²) in [7, 11) is 0. The number of amides is 1. The molecule has 21 heavy (non-hydrogen) atoms. The van der Waals surface area contributed by atoms with Crippen LogP contribution in [-0.2, 0) is 0 Å². The van der Waals surface area contributed by atoms with Gasteiger partial charge >= 0.3 is 0 Å². The molecule has 5 heteroatoms. The van der Waals surface area contributed by atoms with Crippen molar-refractivity contribution >= 4 is 5.91 Å². The Kier molecular flexibility index (Phi) is 4.40. The molecular weight excluding hydrogens is 271 g/mol. The predicted octanol–water partition coefficient (Wildman–Crippen LogP) is 3.74. The topological polar surface area (TPSA) is 55.1 Å². The molecule has 1 aromatic heterocycles. The fourth-order valence-electron chi connectivity index (χ4n) is 2.23. The predicted molar refractivity (Wildman–Crippen MR) is 77.6 cm³/mol. The normalized spacial score (nSPS) is 12.5. The molecule has 0 fully saturated rings. The molecule has 1 N–H and O–H groups in total. The third-order valence-corrected chi connectivity index (χ3v) is 3.36. The second-order valence-corrected chi connectivity index (χ2v) is 5.38. The van der Waals surface area contributed by atoms with Gasteiger partial charge in [-0.3, -0.25) is 4.79 Å². The minimum Gasteiger partial charge on any atom is -0.360 e. The van der Waals surface area contributed by atoms with Crippen LogP contribution in [0.4, 0.5) is 4.39 Å². The second kappa shape index (κ2) is 6.08. The lowest BCUT2D eigenvalue weighted by Crippen LogP contribution is -2.28. The molecule has 2 aromatic rings. The molecule has 0 saturated heterocycles. The molecule has 1 atom stereocenters. The van der Waals surface area contributed by atoms with E-state index in [1.54, 1.807) is 32.0 Å². The Labute approximate surface area is 123 Å². The van der Waals surface area contributed by atoms with E-state index in [1.165, 1.54) is 6.07 Å². The van der Waals surface area contributed by atoms with Crippen LogP contribution in [0.3, 0.4) is 0 Å². The van der Waals surface area contributed by atoms with E-state index in [9.17, 15) is 9.18 Å². The third kappa shape index (κ3) is 3.12. The van der Waals surface area contributed by atoms with Gasteiger partial charge in [0.05, 0.1) is 11.7 Å². The number of nitrogens with zero attached hydrogens (tertiary/aromatic N) is 1. The molecule has 1 aromatic carbocycles. The van der Waals surface area contributed by atoms with Crippen LogP contribution in [0.2, 0.25) is 0 Å². The first-order valence-corrected chi connectivity index (χ1v) is 6.93. The van der Waals surface area contributed by atoms with Gasteiger partial charge in [0.15, 0.2) is 5.76 Å². The van der Waals surface area contributed by atoms with Gasteiger partial charge in [0.2, 0.25) is 0 Å². The Morgan fingerprint density at radius 3 is 2.57 bits per heavy atom. The van der Waals surface area contributed by atoms with Crippen LogP contribution in [0.1, 0.15) is 60.1 Å². The van der Waals surface area contributed by atoms with Crippen molar-refractivity contribution in [1.82, 2.24) is 10.5 Å². The smallest absolute Gasteiger partial charge is 0.257 e. The van der Waals surface area contributed by atoms with Crippen LogP contribution in [0.15, 0.2) is 28.8 Å². The average molecular weight is 290 g/mol. The first kappa shape index (κ1) is 15.2. The summed E-state index contributed by atoms with van der Waals surface area (Å²) in [6, 6.07) is 5.96. The lowest BCUT2D eigenvalue weighted by molar-refractivity contribution is 0.0936. The minimum atomic E-state index is -0.437. The highest BCUT2D eigenvalue weighted by Crippen LogP contribution is 2.23. The Morgan fingerprint density at radius 2 is 1.95 bits per heavy atom.